The first-order valence-electron chi connectivity index (χ1n) is 9.35. The lowest BCUT2D eigenvalue weighted by atomic mass is 10.1. The van der Waals surface area contributed by atoms with E-state index in [1.54, 1.807) is 42.5 Å². The van der Waals surface area contributed by atoms with E-state index in [9.17, 15) is 9.59 Å². The van der Waals surface area contributed by atoms with Crippen molar-refractivity contribution in [3.8, 4) is 5.75 Å². The molecule has 0 aromatic heterocycles. The van der Waals surface area contributed by atoms with Crippen molar-refractivity contribution in [2.45, 2.75) is 45.4 Å². The maximum absolute atomic E-state index is 12.3. The maximum Gasteiger partial charge on any atom is 0.343 e. The van der Waals surface area contributed by atoms with Crippen LogP contribution < -0.4 is 4.74 Å². The van der Waals surface area contributed by atoms with Crippen LogP contribution in [0.4, 0.5) is 0 Å². The van der Waals surface area contributed by atoms with Gasteiger partial charge in [0.25, 0.3) is 0 Å². The van der Waals surface area contributed by atoms with Crippen LogP contribution in [0.15, 0.2) is 48.5 Å². The fourth-order valence-electron chi connectivity index (χ4n) is 2.57. The third-order valence-electron chi connectivity index (χ3n) is 4.09. The second-order valence-corrected chi connectivity index (χ2v) is 6.76. The van der Waals surface area contributed by atoms with Crippen LogP contribution in [0.1, 0.15) is 66.2 Å². The lowest BCUT2D eigenvalue weighted by Crippen LogP contribution is -2.11. The molecule has 2 aromatic rings. The molecule has 0 unspecified atom stereocenters. The van der Waals surface area contributed by atoms with Crippen molar-refractivity contribution in [2.24, 2.45) is 0 Å². The fourth-order valence-corrected chi connectivity index (χ4v) is 2.70. The zero-order chi connectivity index (χ0) is 19.5. The van der Waals surface area contributed by atoms with Crippen molar-refractivity contribution in [3.63, 3.8) is 0 Å². The molecule has 2 aromatic carbocycles. The summed E-state index contributed by atoms with van der Waals surface area (Å²) in [6.07, 6.45) is 6.76. The summed E-state index contributed by atoms with van der Waals surface area (Å²) in [5.41, 5.74) is 0.630. The molecule has 0 atom stereocenters. The molecular weight excluding hydrogens is 364 g/mol. The number of carbonyl (C=O) groups is 2. The standard InChI is InChI=1S/C22H25ClO4/c1-2-3-4-5-6-7-15-26-21(24)17-9-8-10-18(16-17)22(25)27-20-13-11-19(23)12-14-20/h8-14,16H,2-7,15H2,1H3. The molecule has 0 heterocycles. The number of ether oxygens (including phenoxy) is 2. The summed E-state index contributed by atoms with van der Waals surface area (Å²) >= 11 is 5.81. The lowest BCUT2D eigenvalue weighted by molar-refractivity contribution is 0.0497. The van der Waals surface area contributed by atoms with Crippen LogP contribution in [-0.4, -0.2) is 18.5 Å². The number of rotatable bonds is 10. The second-order valence-electron chi connectivity index (χ2n) is 6.33. The highest BCUT2D eigenvalue weighted by Crippen LogP contribution is 2.17. The van der Waals surface area contributed by atoms with Crippen LogP contribution in [-0.2, 0) is 4.74 Å². The van der Waals surface area contributed by atoms with Gasteiger partial charge >= 0.3 is 11.9 Å². The summed E-state index contributed by atoms with van der Waals surface area (Å²) in [5.74, 6) is -0.576. The van der Waals surface area contributed by atoms with Gasteiger partial charge in [0.1, 0.15) is 5.75 Å². The monoisotopic (exact) mass is 388 g/mol. The Morgan fingerprint density at radius 3 is 2.19 bits per heavy atom. The van der Waals surface area contributed by atoms with Crippen LogP contribution in [0.25, 0.3) is 0 Å². The van der Waals surface area contributed by atoms with Gasteiger partial charge in [0.15, 0.2) is 0 Å². The topological polar surface area (TPSA) is 52.6 Å². The van der Waals surface area contributed by atoms with Gasteiger partial charge in [0.05, 0.1) is 17.7 Å². The minimum absolute atomic E-state index is 0.291. The number of unbranched alkanes of at least 4 members (excludes halogenated alkanes) is 5. The average Bonchev–Trinajstić information content (AvgIpc) is 2.69. The number of benzene rings is 2. The summed E-state index contributed by atoms with van der Waals surface area (Å²) in [6.45, 7) is 2.57. The second kappa shape index (κ2) is 11.4. The quantitative estimate of drug-likeness (QED) is 0.281. The van der Waals surface area contributed by atoms with E-state index in [2.05, 4.69) is 6.92 Å². The molecule has 0 saturated carbocycles. The van der Waals surface area contributed by atoms with Crippen LogP contribution >= 0.6 is 11.6 Å². The van der Waals surface area contributed by atoms with Gasteiger partial charge in [-0.2, -0.15) is 0 Å². The normalized spacial score (nSPS) is 10.4. The van der Waals surface area contributed by atoms with Gasteiger partial charge in [0.2, 0.25) is 0 Å². The zero-order valence-electron chi connectivity index (χ0n) is 15.6. The molecule has 0 radical (unpaired) electrons. The van der Waals surface area contributed by atoms with E-state index in [0.29, 0.717) is 28.5 Å². The Morgan fingerprint density at radius 2 is 1.48 bits per heavy atom. The Labute approximate surface area is 165 Å². The van der Waals surface area contributed by atoms with Gasteiger partial charge in [-0.3, -0.25) is 0 Å². The molecule has 0 aliphatic heterocycles. The largest absolute Gasteiger partial charge is 0.462 e. The summed E-state index contributed by atoms with van der Waals surface area (Å²) in [6, 6.07) is 12.9. The van der Waals surface area contributed by atoms with Crippen molar-refractivity contribution in [1.82, 2.24) is 0 Å². The van der Waals surface area contributed by atoms with E-state index in [0.717, 1.165) is 19.3 Å². The van der Waals surface area contributed by atoms with Crippen molar-refractivity contribution < 1.29 is 19.1 Å². The number of esters is 2. The van der Waals surface area contributed by atoms with Gasteiger partial charge in [-0.1, -0.05) is 56.7 Å². The van der Waals surface area contributed by atoms with Crippen molar-refractivity contribution in [2.75, 3.05) is 6.61 Å². The molecule has 144 valence electrons. The Hall–Kier alpha value is -2.33. The average molecular weight is 389 g/mol. The van der Waals surface area contributed by atoms with Gasteiger partial charge in [0, 0.05) is 5.02 Å². The molecule has 0 fully saturated rings. The highest BCUT2D eigenvalue weighted by molar-refractivity contribution is 6.30. The Morgan fingerprint density at radius 1 is 0.852 bits per heavy atom. The molecule has 27 heavy (non-hydrogen) atoms. The molecule has 5 heteroatoms. The van der Waals surface area contributed by atoms with Crippen molar-refractivity contribution >= 4 is 23.5 Å². The third-order valence-corrected chi connectivity index (χ3v) is 4.34. The number of hydrogen-bond acceptors (Lipinski definition) is 4. The molecule has 0 amide bonds. The highest BCUT2D eigenvalue weighted by atomic mass is 35.5. The molecule has 4 nitrogen and oxygen atoms in total. The summed E-state index contributed by atoms with van der Waals surface area (Å²) < 4.78 is 10.6. The molecule has 0 spiro atoms. The first-order chi connectivity index (χ1) is 13.1. The minimum atomic E-state index is -0.539. The van der Waals surface area contributed by atoms with Gasteiger partial charge in [-0.15, -0.1) is 0 Å². The van der Waals surface area contributed by atoms with E-state index in [-0.39, 0.29) is 0 Å². The van der Waals surface area contributed by atoms with Crippen LogP contribution in [0.5, 0.6) is 5.75 Å². The van der Waals surface area contributed by atoms with Crippen LogP contribution in [0.3, 0.4) is 0 Å². The first-order valence-corrected chi connectivity index (χ1v) is 9.73. The van der Waals surface area contributed by atoms with Gasteiger partial charge in [-0.05, 0) is 48.9 Å². The summed E-state index contributed by atoms with van der Waals surface area (Å²) in [7, 11) is 0. The summed E-state index contributed by atoms with van der Waals surface area (Å²) in [5, 5.41) is 0.560. The molecule has 0 saturated heterocycles. The van der Waals surface area contributed by atoms with Gasteiger partial charge < -0.3 is 9.47 Å². The first kappa shape index (κ1) is 21.0. The zero-order valence-corrected chi connectivity index (χ0v) is 16.3. The Kier molecular flexibility index (Phi) is 8.85. The molecule has 0 N–H and O–H groups in total. The Bertz CT molecular complexity index is 740. The van der Waals surface area contributed by atoms with Crippen molar-refractivity contribution in [3.05, 3.63) is 64.7 Å². The predicted molar refractivity (Wildman–Crippen MR) is 107 cm³/mol. The van der Waals surface area contributed by atoms with E-state index in [1.165, 1.54) is 25.3 Å². The van der Waals surface area contributed by atoms with Crippen molar-refractivity contribution in [1.29, 1.82) is 0 Å². The molecule has 0 bridgehead atoms. The minimum Gasteiger partial charge on any atom is -0.462 e. The smallest absolute Gasteiger partial charge is 0.343 e. The van der Waals surface area contributed by atoms with E-state index < -0.39 is 11.9 Å². The van der Waals surface area contributed by atoms with E-state index in [1.807, 2.05) is 0 Å². The van der Waals surface area contributed by atoms with Gasteiger partial charge in [-0.25, -0.2) is 9.59 Å². The molecule has 0 aliphatic carbocycles. The molecule has 0 aliphatic rings. The number of carbonyl (C=O) groups excluding carboxylic acids is 2. The number of hydrogen-bond donors (Lipinski definition) is 0. The predicted octanol–water partition coefficient (Wildman–Crippen LogP) is 6.08. The lowest BCUT2D eigenvalue weighted by Gasteiger charge is -2.07. The molecule has 2 rings (SSSR count). The Balaban J connectivity index is 1.83. The third kappa shape index (κ3) is 7.43. The molecular formula is C22H25ClO4. The highest BCUT2D eigenvalue weighted by Gasteiger charge is 2.13. The van der Waals surface area contributed by atoms with E-state index in [4.69, 9.17) is 21.1 Å². The van der Waals surface area contributed by atoms with Crippen LogP contribution in [0, 0.1) is 0 Å². The summed E-state index contributed by atoms with van der Waals surface area (Å²) in [4.78, 5) is 24.4. The fraction of sp³-hybridized carbons (Fsp3) is 0.364. The van der Waals surface area contributed by atoms with E-state index >= 15 is 0 Å². The maximum atomic E-state index is 12.3. The number of halogens is 1. The van der Waals surface area contributed by atoms with Crippen LogP contribution in [0.2, 0.25) is 5.02 Å². The SMILES string of the molecule is CCCCCCCCOC(=O)c1cccc(C(=O)Oc2ccc(Cl)cc2)c1.